The lowest BCUT2D eigenvalue weighted by Gasteiger charge is -2.17. The number of nitrogens with one attached hydrogen (secondary N) is 1. The third-order valence-corrected chi connectivity index (χ3v) is 3.27. The summed E-state index contributed by atoms with van der Waals surface area (Å²) in [5.74, 6) is 0. The highest BCUT2D eigenvalue weighted by molar-refractivity contribution is 5.74. The maximum absolute atomic E-state index is 4.35. The van der Waals surface area contributed by atoms with Crippen molar-refractivity contribution in [3.8, 4) is 0 Å². The van der Waals surface area contributed by atoms with E-state index in [1.54, 1.807) is 18.6 Å². The summed E-state index contributed by atoms with van der Waals surface area (Å²) >= 11 is 0. The van der Waals surface area contributed by atoms with E-state index < -0.39 is 0 Å². The van der Waals surface area contributed by atoms with Gasteiger partial charge in [-0.3, -0.25) is 14.6 Å². The molecular weight excluding hydrogens is 238 g/mol. The SMILES string of the molecule is CNC(c1ccc2nccnc2c1)c1ccnn1C. The van der Waals surface area contributed by atoms with Crippen LogP contribution in [0.1, 0.15) is 17.3 Å². The molecule has 0 saturated carbocycles. The van der Waals surface area contributed by atoms with Gasteiger partial charge in [0.15, 0.2) is 0 Å². The molecule has 1 unspecified atom stereocenters. The van der Waals surface area contributed by atoms with Gasteiger partial charge in [-0.15, -0.1) is 0 Å². The first kappa shape index (κ1) is 11.8. The van der Waals surface area contributed by atoms with Gasteiger partial charge in [0.25, 0.3) is 0 Å². The normalized spacial score (nSPS) is 12.7. The van der Waals surface area contributed by atoms with Gasteiger partial charge in [-0.2, -0.15) is 5.10 Å². The van der Waals surface area contributed by atoms with Gasteiger partial charge >= 0.3 is 0 Å². The van der Waals surface area contributed by atoms with E-state index >= 15 is 0 Å². The highest BCUT2D eigenvalue weighted by Crippen LogP contribution is 2.23. The summed E-state index contributed by atoms with van der Waals surface area (Å²) < 4.78 is 1.88. The van der Waals surface area contributed by atoms with Crippen molar-refractivity contribution in [2.45, 2.75) is 6.04 Å². The standard InChI is InChI=1S/C14H15N5/c1-15-14(13-5-6-18-19(13)2)10-3-4-11-12(9-10)17-8-7-16-11/h3-9,14-15H,1-2H3. The monoisotopic (exact) mass is 253 g/mol. The van der Waals surface area contributed by atoms with Crippen LogP contribution in [0, 0.1) is 0 Å². The fourth-order valence-electron chi connectivity index (χ4n) is 2.31. The summed E-state index contributed by atoms with van der Waals surface area (Å²) in [5, 5.41) is 7.54. The van der Waals surface area contributed by atoms with Crippen LogP contribution in [0.2, 0.25) is 0 Å². The Morgan fingerprint density at radius 3 is 2.53 bits per heavy atom. The number of aryl methyl sites for hydroxylation is 1. The van der Waals surface area contributed by atoms with Crippen LogP contribution in [-0.4, -0.2) is 26.8 Å². The van der Waals surface area contributed by atoms with E-state index in [1.807, 2.05) is 30.9 Å². The number of fused-ring (bicyclic) bond motifs is 1. The zero-order valence-corrected chi connectivity index (χ0v) is 10.9. The van der Waals surface area contributed by atoms with Crippen molar-refractivity contribution in [1.29, 1.82) is 0 Å². The summed E-state index contributed by atoms with van der Waals surface area (Å²) in [6.45, 7) is 0. The van der Waals surface area contributed by atoms with Crippen molar-refractivity contribution in [2.75, 3.05) is 7.05 Å². The minimum Gasteiger partial charge on any atom is -0.308 e. The molecule has 1 N–H and O–H groups in total. The Labute approximate surface area is 111 Å². The fourth-order valence-corrected chi connectivity index (χ4v) is 2.31. The lowest BCUT2D eigenvalue weighted by Crippen LogP contribution is -2.20. The van der Waals surface area contributed by atoms with E-state index in [0.29, 0.717) is 0 Å². The van der Waals surface area contributed by atoms with Gasteiger partial charge in [-0.1, -0.05) is 6.07 Å². The first-order chi connectivity index (χ1) is 9.29. The van der Waals surface area contributed by atoms with Crippen molar-refractivity contribution < 1.29 is 0 Å². The van der Waals surface area contributed by atoms with E-state index in [2.05, 4.69) is 32.5 Å². The second-order valence-corrected chi connectivity index (χ2v) is 4.41. The van der Waals surface area contributed by atoms with Gasteiger partial charge in [0.1, 0.15) is 0 Å². The molecule has 0 amide bonds. The number of aromatic nitrogens is 4. The molecule has 5 heteroatoms. The van der Waals surface area contributed by atoms with Crippen LogP contribution in [0.3, 0.4) is 0 Å². The number of hydrogen-bond acceptors (Lipinski definition) is 4. The van der Waals surface area contributed by atoms with Crippen LogP contribution in [0.5, 0.6) is 0 Å². The summed E-state index contributed by atoms with van der Waals surface area (Å²) in [7, 11) is 3.89. The van der Waals surface area contributed by atoms with Crippen LogP contribution < -0.4 is 5.32 Å². The van der Waals surface area contributed by atoms with E-state index in [9.17, 15) is 0 Å². The summed E-state index contributed by atoms with van der Waals surface area (Å²) in [6, 6.07) is 8.25. The van der Waals surface area contributed by atoms with Crippen LogP contribution in [0.4, 0.5) is 0 Å². The third kappa shape index (κ3) is 2.08. The summed E-state index contributed by atoms with van der Waals surface area (Å²) in [5.41, 5.74) is 4.08. The number of nitrogens with zero attached hydrogens (tertiary/aromatic N) is 4. The zero-order chi connectivity index (χ0) is 13.2. The van der Waals surface area contributed by atoms with Crippen molar-refractivity contribution in [1.82, 2.24) is 25.1 Å². The minimum atomic E-state index is 0.0962. The van der Waals surface area contributed by atoms with Crippen LogP contribution >= 0.6 is 0 Å². The van der Waals surface area contributed by atoms with Crippen LogP contribution in [0.25, 0.3) is 11.0 Å². The Kier molecular flexibility index (Phi) is 2.97. The highest BCUT2D eigenvalue weighted by atomic mass is 15.3. The maximum atomic E-state index is 4.35. The smallest absolute Gasteiger partial charge is 0.0890 e. The topological polar surface area (TPSA) is 55.6 Å². The highest BCUT2D eigenvalue weighted by Gasteiger charge is 2.15. The van der Waals surface area contributed by atoms with Gasteiger partial charge < -0.3 is 5.32 Å². The largest absolute Gasteiger partial charge is 0.308 e. The molecule has 5 nitrogen and oxygen atoms in total. The predicted octanol–water partition coefficient (Wildman–Crippen LogP) is 1.67. The Bertz CT molecular complexity index is 704. The van der Waals surface area contributed by atoms with Crippen LogP contribution in [0.15, 0.2) is 42.9 Å². The molecule has 0 aliphatic heterocycles. The van der Waals surface area contributed by atoms with Crippen LogP contribution in [-0.2, 0) is 7.05 Å². The molecule has 1 aromatic carbocycles. The molecule has 0 aliphatic carbocycles. The van der Waals surface area contributed by atoms with Gasteiger partial charge in [0.2, 0.25) is 0 Å². The Balaban J connectivity index is 2.09. The molecule has 0 aliphatic rings. The molecule has 2 aromatic heterocycles. The Hall–Kier alpha value is -2.27. The summed E-state index contributed by atoms with van der Waals surface area (Å²) in [4.78, 5) is 8.64. The average Bonchev–Trinajstić information content (AvgIpc) is 2.86. The zero-order valence-electron chi connectivity index (χ0n) is 10.9. The Morgan fingerprint density at radius 1 is 1.05 bits per heavy atom. The second-order valence-electron chi connectivity index (χ2n) is 4.41. The molecule has 0 fully saturated rings. The first-order valence-corrected chi connectivity index (χ1v) is 6.15. The van der Waals surface area contributed by atoms with Crippen molar-refractivity contribution in [3.05, 3.63) is 54.1 Å². The number of rotatable bonds is 3. The van der Waals surface area contributed by atoms with Gasteiger partial charge in [-0.25, -0.2) is 0 Å². The molecule has 2 heterocycles. The predicted molar refractivity (Wildman–Crippen MR) is 73.6 cm³/mol. The summed E-state index contributed by atoms with van der Waals surface area (Å²) in [6.07, 6.45) is 5.23. The second kappa shape index (κ2) is 4.78. The molecule has 0 spiro atoms. The van der Waals surface area contributed by atoms with Gasteiger partial charge in [-0.05, 0) is 30.8 Å². The number of benzene rings is 1. The van der Waals surface area contributed by atoms with E-state index in [1.165, 1.54) is 0 Å². The molecule has 0 bridgehead atoms. The molecule has 1 atom stereocenters. The molecule has 3 aromatic rings. The van der Waals surface area contributed by atoms with E-state index in [-0.39, 0.29) is 6.04 Å². The lowest BCUT2D eigenvalue weighted by atomic mass is 10.0. The molecular formula is C14H15N5. The first-order valence-electron chi connectivity index (χ1n) is 6.15. The average molecular weight is 253 g/mol. The van der Waals surface area contributed by atoms with Crippen molar-refractivity contribution in [2.24, 2.45) is 7.05 Å². The van der Waals surface area contributed by atoms with Crippen molar-refractivity contribution >= 4 is 11.0 Å². The Morgan fingerprint density at radius 2 is 1.84 bits per heavy atom. The minimum absolute atomic E-state index is 0.0962. The molecule has 96 valence electrons. The lowest BCUT2D eigenvalue weighted by molar-refractivity contribution is 0.606. The van der Waals surface area contributed by atoms with E-state index in [0.717, 1.165) is 22.3 Å². The van der Waals surface area contributed by atoms with Crippen molar-refractivity contribution in [3.63, 3.8) is 0 Å². The third-order valence-electron chi connectivity index (χ3n) is 3.27. The molecule has 0 radical (unpaired) electrons. The molecule has 0 saturated heterocycles. The molecule has 3 rings (SSSR count). The maximum Gasteiger partial charge on any atom is 0.0890 e. The van der Waals surface area contributed by atoms with Gasteiger partial charge in [0.05, 0.1) is 22.8 Å². The number of hydrogen-bond donors (Lipinski definition) is 1. The fraction of sp³-hybridized carbons (Fsp3) is 0.214. The molecule has 19 heavy (non-hydrogen) atoms. The van der Waals surface area contributed by atoms with Gasteiger partial charge in [0, 0.05) is 25.6 Å². The van der Waals surface area contributed by atoms with E-state index in [4.69, 9.17) is 0 Å². The quantitative estimate of drug-likeness (QED) is 0.771.